The smallest absolute Gasteiger partial charge is 0.240 e. The van der Waals surface area contributed by atoms with Gasteiger partial charge in [-0.15, -0.1) is 0 Å². The zero-order chi connectivity index (χ0) is 18.6. The number of benzene rings is 2. The number of hydrogen-bond acceptors (Lipinski definition) is 6. The average Bonchev–Trinajstić information content (AvgIpc) is 2.64. The molecule has 7 nitrogen and oxygen atoms in total. The van der Waals surface area contributed by atoms with Crippen molar-refractivity contribution in [1.82, 2.24) is 14.7 Å². The van der Waals surface area contributed by atoms with Gasteiger partial charge < -0.3 is 10.6 Å². The highest BCUT2D eigenvalue weighted by atomic mass is 32.2. The minimum atomic E-state index is -3.51. The van der Waals surface area contributed by atoms with Gasteiger partial charge in [-0.25, -0.2) is 23.1 Å². The summed E-state index contributed by atoms with van der Waals surface area (Å²) in [6.45, 7) is 0. The zero-order valence-electron chi connectivity index (χ0n) is 14.0. The van der Waals surface area contributed by atoms with E-state index in [4.69, 9.17) is 7.85 Å². The number of rotatable bonds is 6. The molecule has 0 fully saturated rings. The Balaban J connectivity index is 1.79. The summed E-state index contributed by atoms with van der Waals surface area (Å²) in [5.74, 6) is 1.11. The minimum Gasteiger partial charge on any atom is -0.340 e. The van der Waals surface area contributed by atoms with Crippen molar-refractivity contribution >= 4 is 46.3 Å². The fraction of sp³-hybridized carbons (Fsp3) is 0.0588. The Bertz CT molecular complexity index is 1010. The van der Waals surface area contributed by atoms with Crippen LogP contribution >= 0.6 is 0 Å². The third-order valence-electron chi connectivity index (χ3n) is 3.54. The molecule has 26 heavy (non-hydrogen) atoms. The van der Waals surface area contributed by atoms with Crippen LogP contribution in [0.25, 0.3) is 0 Å². The highest BCUT2D eigenvalue weighted by molar-refractivity contribution is 7.89. The maximum absolute atomic E-state index is 11.9. The quantitative estimate of drug-likeness (QED) is 0.575. The summed E-state index contributed by atoms with van der Waals surface area (Å²) in [4.78, 5) is 8.49. The lowest BCUT2D eigenvalue weighted by Crippen LogP contribution is -2.18. The normalized spacial score (nSPS) is 11.1. The first-order chi connectivity index (χ1) is 12.5. The summed E-state index contributed by atoms with van der Waals surface area (Å²) in [5, 5.41) is 6.22. The maximum Gasteiger partial charge on any atom is 0.240 e. The van der Waals surface area contributed by atoms with Crippen LogP contribution in [0.4, 0.5) is 23.0 Å². The average molecular weight is 365 g/mol. The maximum atomic E-state index is 11.9. The molecule has 9 heteroatoms. The molecule has 2 radical (unpaired) electrons. The van der Waals surface area contributed by atoms with Gasteiger partial charge in [-0.3, -0.25) is 0 Å². The fourth-order valence-corrected chi connectivity index (χ4v) is 2.99. The molecule has 130 valence electrons. The summed E-state index contributed by atoms with van der Waals surface area (Å²) >= 11 is 0. The van der Waals surface area contributed by atoms with Gasteiger partial charge in [-0.1, -0.05) is 23.7 Å². The Morgan fingerprint density at radius 3 is 2.19 bits per heavy atom. The fourth-order valence-electron chi connectivity index (χ4n) is 2.22. The summed E-state index contributed by atoms with van der Waals surface area (Å²) < 4.78 is 26.1. The number of nitrogens with one attached hydrogen (secondary N) is 3. The van der Waals surface area contributed by atoms with E-state index in [2.05, 4.69) is 25.3 Å². The second-order valence-electron chi connectivity index (χ2n) is 5.40. The van der Waals surface area contributed by atoms with Crippen molar-refractivity contribution in [3.8, 4) is 0 Å². The van der Waals surface area contributed by atoms with E-state index in [1.165, 1.54) is 25.5 Å². The van der Waals surface area contributed by atoms with Crippen LogP contribution in [0.1, 0.15) is 0 Å². The summed E-state index contributed by atoms with van der Waals surface area (Å²) in [5.41, 5.74) is 2.11. The van der Waals surface area contributed by atoms with Crippen molar-refractivity contribution in [3.63, 3.8) is 0 Å². The highest BCUT2D eigenvalue weighted by Crippen LogP contribution is 2.21. The molecule has 2 aromatic carbocycles. The first-order valence-electron chi connectivity index (χ1n) is 7.71. The van der Waals surface area contributed by atoms with E-state index in [1.807, 2.05) is 12.1 Å². The monoisotopic (exact) mass is 365 g/mol. The first-order valence-corrected chi connectivity index (χ1v) is 9.20. The zero-order valence-corrected chi connectivity index (χ0v) is 14.8. The van der Waals surface area contributed by atoms with Gasteiger partial charge in [0.25, 0.3) is 0 Å². The van der Waals surface area contributed by atoms with E-state index in [-0.39, 0.29) is 4.90 Å². The van der Waals surface area contributed by atoms with Crippen LogP contribution in [0.5, 0.6) is 0 Å². The van der Waals surface area contributed by atoms with Gasteiger partial charge in [-0.05, 0) is 37.4 Å². The van der Waals surface area contributed by atoms with Crippen LogP contribution in [-0.4, -0.2) is 33.3 Å². The van der Waals surface area contributed by atoms with E-state index in [9.17, 15) is 8.42 Å². The van der Waals surface area contributed by atoms with Gasteiger partial charge in [0.2, 0.25) is 10.0 Å². The lowest BCUT2D eigenvalue weighted by atomic mass is 9.96. The van der Waals surface area contributed by atoms with Crippen LogP contribution in [0.15, 0.2) is 65.8 Å². The first kappa shape index (κ1) is 17.9. The van der Waals surface area contributed by atoms with E-state index in [0.717, 1.165) is 5.69 Å². The molecule has 0 atom stereocenters. The van der Waals surface area contributed by atoms with E-state index < -0.39 is 10.0 Å². The van der Waals surface area contributed by atoms with Crippen LogP contribution < -0.4 is 20.8 Å². The van der Waals surface area contributed by atoms with Crippen molar-refractivity contribution in [1.29, 1.82) is 0 Å². The third kappa shape index (κ3) is 4.38. The topological polar surface area (TPSA) is 96.0 Å². The van der Waals surface area contributed by atoms with Crippen molar-refractivity contribution in [2.24, 2.45) is 0 Å². The second kappa shape index (κ2) is 7.55. The SMILES string of the molecule is [B]c1ccc(Nc2cc(Nc3cccc(S(=O)(=O)NC)c3)ncn2)cc1. The Labute approximate surface area is 153 Å². The molecule has 0 amide bonds. The lowest BCUT2D eigenvalue weighted by Gasteiger charge is -2.10. The molecule has 1 heterocycles. The van der Waals surface area contributed by atoms with Crippen molar-refractivity contribution in [2.75, 3.05) is 17.7 Å². The number of nitrogens with zero attached hydrogens (tertiary/aromatic N) is 2. The Morgan fingerprint density at radius 2 is 1.54 bits per heavy atom. The molecule has 0 saturated heterocycles. The lowest BCUT2D eigenvalue weighted by molar-refractivity contribution is 0.588. The van der Waals surface area contributed by atoms with E-state index in [0.29, 0.717) is 22.8 Å². The van der Waals surface area contributed by atoms with Crippen molar-refractivity contribution < 1.29 is 8.42 Å². The Kier molecular flexibility index (Phi) is 5.20. The van der Waals surface area contributed by atoms with Crippen molar-refractivity contribution in [3.05, 3.63) is 60.9 Å². The molecule has 0 aliphatic heterocycles. The molecular formula is C17H16BN5O2S. The second-order valence-corrected chi connectivity index (χ2v) is 7.28. The molecule has 0 saturated carbocycles. The standard InChI is InChI=1S/C17H16BN5O2S/c1-19-26(24,25)15-4-2-3-14(9-15)23-17-10-16(20-11-21-17)22-13-7-5-12(18)6-8-13/h2-11,19H,1H3,(H2,20,21,22,23). The molecule has 0 aliphatic carbocycles. The molecule has 0 aliphatic rings. The molecule has 1 aromatic heterocycles. The van der Waals surface area contributed by atoms with Gasteiger partial charge in [0, 0.05) is 17.4 Å². The van der Waals surface area contributed by atoms with E-state index in [1.54, 1.807) is 30.3 Å². The van der Waals surface area contributed by atoms with Gasteiger partial charge in [0.05, 0.1) is 4.90 Å². The largest absolute Gasteiger partial charge is 0.340 e. The van der Waals surface area contributed by atoms with Gasteiger partial charge in [-0.2, -0.15) is 0 Å². The van der Waals surface area contributed by atoms with Gasteiger partial charge in [0.15, 0.2) is 0 Å². The predicted octanol–water partition coefficient (Wildman–Crippen LogP) is 1.67. The van der Waals surface area contributed by atoms with Crippen LogP contribution in [-0.2, 0) is 10.0 Å². The van der Waals surface area contributed by atoms with E-state index >= 15 is 0 Å². The number of sulfonamides is 1. The summed E-state index contributed by atoms with van der Waals surface area (Å²) in [7, 11) is 3.53. The minimum absolute atomic E-state index is 0.166. The van der Waals surface area contributed by atoms with Crippen LogP contribution in [0, 0.1) is 0 Å². The molecule has 3 N–H and O–H groups in total. The Hall–Kier alpha value is -2.91. The van der Waals surface area contributed by atoms with Gasteiger partial charge in [0.1, 0.15) is 25.8 Å². The molecular weight excluding hydrogens is 349 g/mol. The molecule has 0 spiro atoms. The van der Waals surface area contributed by atoms with Gasteiger partial charge >= 0.3 is 0 Å². The van der Waals surface area contributed by atoms with Crippen LogP contribution in [0.2, 0.25) is 0 Å². The molecule has 3 aromatic rings. The number of hydrogen-bond donors (Lipinski definition) is 3. The molecule has 0 bridgehead atoms. The van der Waals surface area contributed by atoms with Crippen LogP contribution in [0.3, 0.4) is 0 Å². The third-order valence-corrected chi connectivity index (χ3v) is 4.95. The highest BCUT2D eigenvalue weighted by Gasteiger charge is 2.11. The van der Waals surface area contributed by atoms with Crippen molar-refractivity contribution in [2.45, 2.75) is 4.90 Å². The predicted molar refractivity (Wildman–Crippen MR) is 103 cm³/mol. The number of anilines is 4. The summed E-state index contributed by atoms with van der Waals surface area (Å²) in [6.07, 6.45) is 1.41. The Morgan fingerprint density at radius 1 is 0.885 bits per heavy atom. The summed E-state index contributed by atoms with van der Waals surface area (Å²) in [6, 6.07) is 15.4. The number of aromatic nitrogens is 2. The molecule has 3 rings (SSSR count). The molecule has 0 unspecified atom stereocenters.